The zero-order chi connectivity index (χ0) is 20.5. The number of anilines is 2. The molecule has 3 aromatic rings. The number of nitrogens with zero attached hydrogens (tertiary/aromatic N) is 1. The van der Waals surface area contributed by atoms with Gasteiger partial charge in [0, 0.05) is 15.6 Å². The molecule has 0 saturated carbocycles. The summed E-state index contributed by atoms with van der Waals surface area (Å²) in [6, 6.07) is 16.0. The topological polar surface area (TPSA) is 58.6 Å². The van der Waals surface area contributed by atoms with Gasteiger partial charge in [-0.05, 0) is 54.3 Å². The monoisotopic (exact) mass is 424 g/mol. The number of aryl methyl sites for hydroxylation is 1. The van der Waals surface area contributed by atoms with Crippen LogP contribution in [-0.2, 0) is 9.59 Å². The van der Waals surface area contributed by atoms with E-state index in [9.17, 15) is 9.59 Å². The molecule has 4 rings (SSSR count). The highest BCUT2D eigenvalue weighted by Gasteiger charge is 2.41. The van der Waals surface area contributed by atoms with Gasteiger partial charge in [-0.2, -0.15) is 0 Å². The third-order valence-corrected chi connectivity index (χ3v) is 5.75. The Kier molecular flexibility index (Phi) is 5.13. The van der Waals surface area contributed by atoms with E-state index in [1.807, 2.05) is 24.4 Å². The van der Waals surface area contributed by atoms with Crippen LogP contribution >= 0.6 is 22.9 Å². The molecule has 0 saturated heterocycles. The number of para-hydroxylation sites is 2. The van der Waals surface area contributed by atoms with Crippen LogP contribution in [0.1, 0.15) is 10.4 Å². The number of halogens is 1. The lowest BCUT2D eigenvalue weighted by Crippen LogP contribution is -2.32. The minimum atomic E-state index is -0.433. The molecule has 0 fully saturated rings. The molecule has 0 aliphatic carbocycles. The van der Waals surface area contributed by atoms with Crippen LogP contribution in [0.25, 0.3) is 5.57 Å². The molecular weight excluding hydrogens is 408 g/mol. The first-order valence-electron chi connectivity index (χ1n) is 8.84. The maximum absolute atomic E-state index is 13.4. The Morgan fingerprint density at radius 1 is 1.03 bits per heavy atom. The largest absolute Gasteiger partial charge is 0.495 e. The van der Waals surface area contributed by atoms with Crippen molar-refractivity contribution in [2.75, 3.05) is 17.3 Å². The standard InChI is InChI=1S/C22H17ClN2O3S/c1-13-12-14(23)9-10-15(13)24-20-19(18-8-5-11-29-18)21(26)25(22(20)27)16-6-3-4-7-17(16)28-2/h3-12,24H,1-2H3. The summed E-state index contributed by atoms with van der Waals surface area (Å²) in [6.45, 7) is 1.89. The van der Waals surface area contributed by atoms with E-state index >= 15 is 0 Å². The summed E-state index contributed by atoms with van der Waals surface area (Å²) in [5.41, 5.74) is 2.55. The highest BCUT2D eigenvalue weighted by molar-refractivity contribution is 7.11. The van der Waals surface area contributed by atoms with Crippen molar-refractivity contribution in [1.82, 2.24) is 0 Å². The fourth-order valence-corrected chi connectivity index (χ4v) is 4.23. The Balaban J connectivity index is 1.83. The van der Waals surface area contributed by atoms with E-state index in [1.165, 1.54) is 18.4 Å². The van der Waals surface area contributed by atoms with Crippen LogP contribution in [0, 0.1) is 6.92 Å². The van der Waals surface area contributed by atoms with Gasteiger partial charge >= 0.3 is 0 Å². The number of hydrogen-bond acceptors (Lipinski definition) is 5. The van der Waals surface area contributed by atoms with Crippen LogP contribution in [0.3, 0.4) is 0 Å². The fraction of sp³-hybridized carbons (Fsp3) is 0.0909. The number of methoxy groups -OCH3 is 1. The summed E-state index contributed by atoms with van der Waals surface area (Å²) < 4.78 is 5.37. The highest BCUT2D eigenvalue weighted by atomic mass is 35.5. The Hall–Kier alpha value is -3.09. The molecule has 0 bridgehead atoms. The first kappa shape index (κ1) is 19.2. The number of benzene rings is 2. The van der Waals surface area contributed by atoms with Crippen LogP contribution in [0.4, 0.5) is 11.4 Å². The molecule has 2 aromatic carbocycles. The van der Waals surface area contributed by atoms with Gasteiger partial charge in [0.05, 0.1) is 18.4 Å². The summed E-state index contributed by atoms with van der Waals surface area (Å²) in [6.07, 6.45) is 0. The van der Waals surface area contributed by atoms with E-state index in [0.29, 0.717) is 27.7 Å². The lowest BCUT2D eigenvalue weighted by atomic mass is 10.1. The predicted molar refractivity (Wildman–Crippen MR) is 117 cm³/mol. The number of carbonyl (C=O) groups is 2. The third kappa shape index (κ3) is 3.41. The normalized spacial score (nSPS) is 14.0. The molecule has 0 atom stereocenters. The first-order chi connectivity index (χ1) is 14.0. The number of carbonyl (C=O) groups excluding carboxylic acids is 2. The van der Waals surface area contributed by atoms with Crippen LogP contribution in [0.2, 0.25) is 5.02 Å². The lowest BCUT2D eigenvalue weighted by molar-refractivity contribution is -0.120. The van der Waals surface area contributed by atoms with Crippen molar-refractivity contribution >= 4 is 51.7 Å². The van der Waals surface area contributed by atoms with E-state index in [-0.39, 0.29) is 5.70 Å². The summed E-state index contributed by atoms with van der Waals surface area (Å²) in [7, 11) is 1.51. The van der Waals surface area contributed by atoms with Gasteiger partial charge in [-0.15, -0.1) is 11.3 Å². The SMILES string of the molecule is COc1ccccc1N1C(=O)C(Nc2ccc(Cl)cc2C)=C(c2cccs2)C1=O. The molecule has 5 nitrogen and oxygen atoms in total. The van der Waals surface area contributed by atoms with E-state index in [1.54, 1.807) is 42.5 Å². The molecule has 2 amide bonds. The van der Waals surface area contributed by atoms with Crippen molar-refractivity contribution in [3.05, 3.63) is 81.1 Å². The summed E-state index contributed by atoms with van der Waals surface area (Å²) >= 11 is 7.45. The van der Waals surface area contributed by atoms with Crippen LogP contribution in [0.15, 0.2) is 65.7 Å². The van der Waals surface area contributed by atoms with Crippen LogP contribution in [0.5, 0.6) is 5.75 Å². The van der Waals surface area contributed by atoms with Gasteiger partial charge in [0.25, 0.3) is 11.8 Å². The molecule has 1 aliphatic heterocycles. The molecule has 2 heterocycles. The molecule has 1 aromatic heterocycles. The zero-order valence-electron chi connectivity index (χ0n) is 15.7. The highest BCUT2D eigenvalue weighted by Crippen LogP contribution is 2.39. The molecule has 0 spiro atoms. The van der Waals surface area contributed by atoms with Gasteiger partial charge in [-0.1, -0.05) is 29.8 Å². The van der Waals surface area contributed by atoms with Gasteiger partial charge < -0.3 is 10.1 Å². The van der Waals surface area contributed by atoms with Gasteiger partial charge in [0.15, 0.2) is 0 Å². The van der Waals surface area contributed by atoms with Gasteiger partial charge in [0.1, 0.15) is 11.4 Å². The van der Waals surface area contributed by atoms with E-state index < -0.39 is 11.8 Å². The van der Waals surface area contributed by atoms with Crippen LogP contribution < -0.4 is 15.0 Å². The summed E-state index contributed by atoms with van der Waals surface area (Å²) in [5, 5.41) is 5.64. The molecule has 0 unspecified atom stereocenters. The van der Waals surface area contributed by atoms with Crippen molar-refractivity contribution in [2.24, 2.45) is 0 Å². The molecule has 29 heavy (non-hydrogen) atoms. The molecular formula is C22H17ClN2O3S. The Morgan fingerprint density at radius 3 is 2.52 bits per heavy atom. The van der Waals surface area contributed by atoms with Crippen molar-refractivity contribution < 1.29 is 14.3 Å². The molecule has 1 aliphatic rings. The van der Waals surface area contributed by atoms with E-state index in [4.69, 9.17) is 16.3 Å². The Bertz CT molecular complexity index is 1140. The van der Waals surface area contributed by atoms with E-state index in [0.717, 1.165) is 15.3 Å². The number of rotatable bonds is 5. The third-order valence-electron chi connectivity index (χ3n) is 4.63. The molecule has 7 heteroatoms. The number of imide groups is 1. The number of amides is 2. The maximum atomic E-state index is 13.4. The second-order valence-corrected chi connectivity index (χ2v) is 7.81. The minimum Gasteiger partial charge on any atom is -0.495 e. The number of ether oxygens (including phenoxy) is 1. The van der Waals surface area contributed by atoms with Gasteiger partial charge in [-0.3, -0.25) is 9.59 Å². The van der Waals surface area contributed by atoms with Crippen molar-refractivity contribution in [2.45, 2.75) is 6.92 Å². The second-order valence-electron chi connectivity index (χ2n) is 6.43. The lowest BCUT2D eigenvalue weighted by Gasteiger charge is -2.18. The Morgan fingerprint density at radius 2 is 1.83 bits per heavy atom. The first-order valence-corrected chi connectivity index (χ1v) is 10.1. The zero-order valence-corrected chi connectivity index (χ0v) is 17.3. The van der Waals surface area contributed by atoms with Gasteiger partial charge in [-0.25, -0.2) is 4.90 Å². The van der Waals surface area contributed by atoms with Crippen molar-refractivity contribution in [1.29, 1.82) is 0 Å². The predicted octanol–water partition coefficient (Wildman–Crippen LogP) is 5.12. The van der Waals surface area contributed by atoms with Gasteiger partial charge in [0.2, 0.25) is 0 Å². The van der Waals surface area contributed by atoms with Crippen molar-refractivity contribution in [3.8, 4) is 5.75 Å². The summed E-state index contributed by atoms with van der Waals surface area (Å²) in [5.74, 6) is -0.378. The second kappa shape index (κ2) is 7.73. The molecule has 1 N–H and O–H groups in total. The Labute approximate surface area is 177 Å². The average Bonchev–Trinajstić information content (AvgIpc) is 3.31. The fourth-order valence-electron chi connectivity index (χ4n) is 3.23. The minimum absolute atomic E-state index is 0.230. The number of thiophene rings is 1. The quantitative estimate of drug-likeness (QED) is 0.578. The average molecular weight is 425 g/mol. The number of nitrogens with one attached hydrogen (secondary N) is 1. The molecule has 146 valence electrons. The van der Waals surface area contributed by atoms with Crippen LogP contribution in [-0.4, -0.2) is 18.9 Å². The maximum Gasteiger partial charge on any atom is 0.282 e. The number of hydrogen-bond donors (Lipinski definition) is 1. The smallest absolute Gasteiger partial charge is 0.282 e. The summed E-state index contributed by atoms with van der Waals surface area (Å²) in [4.78, 5) is 28.6. The van der Waals surface area contributed by atoms with E-state index in [2.05, 4.69) is 5.32 Å². The molecule has 0 radical (unpaired) electrons. The van der Waals surface area contributed by atoms with Crippen molar-refractivity contribution in [3.63, 3.8) is 0 Å².